The molecule has 6 heteroatoms. The number of furan rings is 1. The van der Waals surface area contributed by atoms with Crippen molar-refractivity contribution in [1.82, 2.24) is 9.79 Å². The van der Waals surface area contributed by atoms with Crippen LogP contribution in [0.2, 0.25) is 0 Å². The summed E-state index contributed by atoms with van der Waals surface area (Å²) in [5, 5.41) is 2.31. The summed E-state index contributed by atoms with van der Waals surface area (Å²) in [6, 6.07) is 22.9. The molecule has 0 amide bonds. The fourth-order valence-electron chi connectivity index (χ4n) is 4.73. The first-order valence-electron chi connectivity index (χ1n) is 10.2. The molecule has 0 saturated carbocycles. The molecule has 4 aromatic rings. The Labute approximate surface area is 175 Å². The summed E-state index contributed by atoms with van der Waals surface area (Å²) in [6.45, 7) is 2.28. The highest BCUT2D eigenvalue weighted by atomic mass is 16.3. The number of fused-ring (bicyclic) bond motifs is 4. The minimum Gasteiger partial charge on any atom is -0.455 e. The van der Waals surface area contributed by atoms with Crippen molar-refractivity contribution in [3.63, 3.8) is 0 Å². The number of aromatic nitrogens is 1. The molecule has 0 radical (unpaired) electrons. The maximum atomic E-state index is 6.09. The quantitative estimate of drug-likeness (QED) is 0.489. The van der Waals surface area contributed by atoms with Crippen molar-refractivity contribution in [3.05, 3.63) is 83.6 Å². The monoisotopic (exact) mass is 392 g/mol. The average Bonchev–Trinajstić information content (AvgIpc) is 3.27. The highest BCUT2D eigenvalue weighted by molar-refractivity contribution is 6.75. The van der Waals surface area contributed by atoms with Gasteiger partial charge in [0.05, 0.1) is 11.9 Å². The van der Waals surface area contributed by atoms with Crippen LogP contribution in [0.25, 0.3) is 23.1 Å². The first kappa shape index (κ1) is 17.2. The van der Waals surface area contributed by atoms with Gasteiger partial charge < -0.3 is 18.9 Å². The molecule has 2 aliphatic rings. The fourth-order valence-corrected chi connectivity index (χ4v) is 4.73. The third-order valence-corrected chi connectivity index (χ3v) is 6.08. The Morgan fingerprint density at radius 3 is 2.63 bits per heavy atom. The smallest absolute Gasteiger partial charge is 0.405 e. The maximum Gasteiger partial charge on any atom is 0.405 e. The van der Waals surface area contributed by atoms with Gasteiger partial charge in [-0.1, -0.05) is 42.4 Å². The lowest BCUT2D eigenvalue weighted by atomic mass is 9.69. The average molecular weight is 392 g/mol. The second kappa shape index (κ2) is 6.42. The molecule has 0 N–H and O–H groups in total. The number of benzene rings is 2. The molecule has 4 heterocycles. The van der Waals surface area contributed by atoms with Crippen LogP contribution >= 0.6 is 0 Å². The third-order valence-electron chi connectivity index (χ3n) is 6.08. The minimum absolute atomic E-state index is 0.0465. The summed E-state index contributed by atoms with van der Waals surface area (Å²) >= 11 is 0. The third kappa shape index (κ3) is 2.40. The van der Waals surface area contributed by atoms with Crippen molar-refractivity contribution in [2.24, 2.45) is 0 Å². The van der Waals surface area contributed by atoms with Crippen molar-refractivity contribution in [3.8, 4) is 0 Å². The van der Waals surface area contributed by atoms with Crippen LogP contribution in [0.15, 0.2) is 77.3 Å². The first-order valence-corrected chi connectivity index (χ1v) is 10.2. The number of anilines is 3. The van der Waals surface area contributed by atoms with Gasteiger partial charge in [0, 0.05) is 28.7 Å². The number of nitrogens with zero attached hydrogens (tertiary/aromatic N) is 4. The van der Waals surface area contributed by atoms with Gasteiger partial charge >= 0.3 is 6.98 Å². The van der Waals surface area contributed by atoms with Gasteiger partial charge in [-0.05, 0) is 44.3 Å². The van der Waals surface area contributed by atoms with Gasteiger partial charge in [-0.3, -0.25) is 0 Å². The number of pyridine rings is 1. The zero-order chi connectivity index (χ0) is 20.2. The zero-order valence-electron chi connectivity index (χ0n) is 16.9. The normalized spacial score (nSPS) is 17.6. The molecule has 1 atom stereocenters. The maximum absolute atomic E-state index is 6.09. The molecular formula is C24H21BN4O. The minimum atomic E-state index is 0.0465. The Morgan fingerprint density at radius 1 is 0.967 bits per heavy atom. The second-order valence-corrected chi connectivity index (χ2v) is 7.84. The number of hydrogen-bond acceptors (Lipinski definition) is 5. The van der Waals surface area contributed by atoms with E-state index in [-0.39, 0.29) is 13.1 Å². The number of rotatable bonds is 2. The van der Waals surface area contributed by atoms with Crippen LogP contribution in [0, 0.1) is 0 Å². The lowest BCUT2D eigenvalue weighted by Gasteiger charge is -2.36. The predicted octanol–water partition coefficient (Wildman–Crippen LogP) is 3.32. The molecule has 0 saturated heterocycles. The van der Waals surface area contributed by atoms with Gasteiger partial charge in [-0.25, -0.2) is 4.98 Å². The Hall–Kier alpha value is -3.67. The lowest BCUT2D eigenvalue weighted by Crippen LogP contribution is -2.56. The standard InChI is InChI=1S/C24H21BN4O/c1-17-28(18-9-4-3-5-10-18)24-21(12-8-14-26-24)29(17)25-15-20-19-11-6-7-13-22(19)30-23(20)16-27(25)2/h3-17H,1-2H3/t17-/m0/s1. The molecule has 5 nitrogen and oxygen atoms in total. The molecule has 0 fully saturated rings. The van der Waals surface area contributed by atoms with E-state index in [0.717, 1.165) is 38.8 Å². The van der Waals surface area contributed by atoms with Crippen LogP contribution in [-0.4, -0.2) is 30.0 Å². The molecule has 0 bridgehead atoms. The molecule has 6 rings (SSSR count). The lowest BCUT2D eigenvalue weighted by molar-refractivity contribution is 0.561. The van der Waals surface area contributed by atoms with Crippen LogP contribution in [-0.2, 0) is 0 Å². The summed E-state index contributed by atoms with van der Waals surface area (Å²) in [5.74, 6) is 3.30. The van der Waals surface area contributed by atoms with Crippen LogP contribution < -0.4 is 20.3 Å². The van der Waals surface area contributed by atoms with Crippen LogP contribution in [0.1, 0.15) is 6.92 Å². The molecule has 0 spiro atoms. The summed E-state index contributed by atoms with van der Waals surface area (Å²) in [4.78, 5) is 11.7. The highest BCUT2D eigenvalue weighted by Crippen LogP contribution is 2.43. The molecule has 0 aliphatic carbocycles. The summed E-state index contributed by atoms with van der Waals surface area (Å²) < 4.78 is 6.09. The largest absolute Gasteiger partial charge is 0.455 e. The van der Waals surface area contributed by atoms with E-state index in [4.69, 9.17) is 9.40 Å². The summed E-state index contributed by atoms with van der Waals surface area (Å²) in [6.07, 6.45) is 4.08. The summed E-state index contributed by atoms with van der Waals surface area (Å²) in [7, 11) is 2.10. The molecule has 146 valence electrons. The van der Waals surface area contributed by atoms with Gasteiger partial charge in [-0.2, -0.15) is 0 Å². The van der Waals surface area contributed by atoms with E-state index in [1.807, 2.05) is 30.5 Å². The van der Waals surface area contributed by atoms with Crippen molar-refractivity contribution in [1.29, 1.82) is 0 Å². The molecule has 2 aliphatic heterocycles. The first-order chi connectivity index (χ1) is 14.7. The van der Waals surface area contributed by atoms with Gasteiger partial charge in [-0.15, -0.1) is 0 Å². The van der Waals surface area contributed by atoms with E-state index in [1.165, 1.54) is 0 Å². The Morgan fingerprint density at radius 2 is 1.77 bits per heavy atom. The Balaban J connectivity index is 1.52. The zero-order valence-corrected chi connectivity index (χ0v) is 16.9. The number of para-hydroxylation sites is 2. The van der Waals surface area contributed by atoms with Crippen LogP contribution in [0.5, 0.6) is 0 Å². The highest BCUT2D eigenvalue weighted by Gasteiger charge is 2.42. The molecule has 30 heavy (non-hydrogen) atoms. The van der Waals surface area contributed by atoms with E-state index in [0.29, 0.717) is 0 Å². The number of hydrogen-bond donors (Lipinski definition) is 0. The Kier molecular flexibility index (Phi) is 3.69. The topological polar surface area (TPSA) is 35.8 Å². The van der Waals surface area contributed by atoms with E-state index < -0.39 is 0 Å². The van der Waals surface area contributed by atoms with Gasteiger partial charge in [0.25, 0.3) is 0 Å². The van der Waals surface area contributed by atoms with Crippen molar-refractivity contribution in [2.45, 2.75) is 13.1 Å². The molecule has 0 unspecified atom stereocenters. The SMILES string of the molecule is C[C@@H]1N(B2C=c3c(oc4ccccc34)=CN2C)c2cccnc2N1c1ccccc1. The van der Waals surface area contributed by atoms with E-state index in [1.54, 1.807) is 0 Å². The van der Waals surface area contributed by atoms with Gasteiger partial charge in [0.2, 0.25) is 0 Å². The predicted molar refractivity (Wildman–Crippen MR) is 123 cm³/mol. The van der Waals surface area contributed by atoms with Gasteiger partial charge in [0.15, 0.2) is 5.82 Å². The van der Waals surface area contributed by atoms with E-state index in [9.17, 15) is 0 Å². The van der Waals surface area contributed by atoms with Crippen LogP contribution in [0.3, 0.4) is 0 Å². The second-order valence-electron chi connectivity index (χ2n) is 7.84. The van der Waals surface area contributed by atoms with Crippen molar-refractivity contribution < 1.29 is 4.42 Å². The van der Waals surface area contributed by atoms with Crippen molar-refractivity contribution in [2.75, 3.05) is 16.8 Å². The van der Waals surface area contributed by atoms with E-state index in [2.05, 4.69) is 83.1 Å². The van der Waals surface area contributed by atoms with Crippen molar-refractivity contribution >= 4 is 47.3 Å². The Bertz CT molecular complexity index is 1370. The molecule has 2 aromatic heterocycles. The summed E-state index contributed by atoms with van der Waals surface area (Å²) in [5.41, 5.74) is 4.11. The molecule has 2 aromatic carbocycles. The fraction of sp³-hybridized carbons (Fsp3) is 0.125. The van der Waals surface area contributed by atoms with Gasteiger partial charge in [0.1, 0.15) is 11.0 Å². The molecular weight excluding hydrogens is 371 g/mol. The van der Waals surface area contributed by atoms with Crippen LogP contribution in [0.4, 0.5) is 17.2 Å². The van der Waals surface area contributed by atoms with E-state index >= 15 is 0 Å².